The Kier molecular flexibility index (Phi) is 7.19. The molecule has 1 aliphatic rings. The summed E-state index contributed by atoms with van der Waals surface area (Å²) in [7, 11) is -3.55. The Morgan fingerprint density at radius 1 is 1.00 bits per heavy atom. The molecular weight excluding hydrogens is 453 g/mol. The van der Waals surface area contributed by atoms with Crippen LogP contribution < -0.4 is 15.6 Å². The van der Waals surface area contributed by atoms with Gasteiger partial charge in [-0.2, -0.15) is 4.31 Å². The van der Waals surface area contributed by atoms with E-state index in [2.05, 4.69) is 10.9 Å². The molecule has 0 aromatic heterocycles. The van der Waals surface area contributed by atoms with E-state index >= 15 is 0 Å². The predicted molar refractivity (Wildman–Crippen MR) is 112 cm³/mol. The van der Waals surface area contributed by atoms with Gasteiger partial charge in [-0.25, -0.2) is 8.42 Å². The Bertz CT molecular complexity index is 1040. The van der Waals surface area contributed by atoms with Crippen LogP contribution in [0.5, 0.6) is 5.75 Å². The molecule has 0 saturated carbocycles. The van der Waals surface area contributed by atoms with Gasteiger partial charge < -0.3 is 4.74 Å². The van der Waals surface area contributed by atoms with E-state index < -0.39 is 28.4 Å². The molecule has 2 amide bonds. The molecule has 0 radical (unpaired) electrons. The summed E-state index contributed by atoms with van der Waals surface area (Å²) >= 11 is 11.8. The van der Waals surface area contributed by atoms with Crippen molar-refractivity contribution >= 4 is 45.0 Å². The number of hydrazine groups is 1. The number of nitrogens with zero attached hydrogens (tertiary/aromatic N) is 1. The molecule has 2 aromatic rings. The zero-order valence-electron chi connectivity index (χ0n) is 15.7. The number of amides is 2. The number of halogens is 2. The summed E-state index contributed by atoms with van der Waals surface area (Å²) in [4.78, 5) is 24.2. The van der Waals surface area contributed by atoms with Crippen molar-refractivity contribution in [3.05, 3.63) is 58.1 Å². The van der Waals surface area contributed by atoms with E-state index in [1.54, 1.807) is 6.07 Å². The molecule has 30 heavy (non-hydrogen) atoms. The van der Waals surface area contributed by atoms with Gasteiger partial charge in [-0.3, -0.25) is 20.4 Å². The molecule has 8 nitrogen and oxygen atoms in total. The minimum Gasteiger partial charge on any atom is -0.482 e. The largest absolute Gasteiger partial charge is 0.482 e. The van der Waals surface area contributed by atoms with Crippen LogP contribution in [0.2, 0.25) is 10.0 Å². The van der Waals surface area contributed by atoms with Crippen molar-refractivity contribution in [1.82, 2.24) is 15.2 Å². The third-order valence-corrected chi connectivity index (χ3v) is 6.85. The van der Waals surface area contributed by atoms with Crippen LogP contribution in [0.3, 0.4) is 0 Å². The monoisotopic (exact) mass is 471 g/mol. The molecule has 2 N–H and O–H groups in total. The summed E-state index contributed by atoms with van der Waals surface area (Å²) in [6.07, 6.45) is 1.68. The first-order chi connectivity index (χ1) is 14.3. The lowest BCUT2D eigenvalue weighted by atomic mass is 10.2. The maximum absolute atomic E-state index is 12.5. The van der Waals surface area contributed by atoms with E-state index in [4.69, 9.17) is 27.9 Å². The number of rotatable bonds is 6. The highest BCUT2D eigenvalue weighted by molar-refractivity contribution is 7.89. The first-order valence-corrected chi connectivity index (χ1v) is 11.2. The van der Waals surface area contributed by atoms with Crippen LogP contribution >= 0.6 is 23.2 Å². The third-order valence-electron chi connectivity index (χ3n) is 4.39. The SMILES string of the molecule is O=C(COc1cc(Cl)ccc1Cl)NNC(=O)c1ccc(S(=O)(=O)N2CCCC2)cc1. The van der Waals surface area contributed by atoms with Gasteiger partial charge in [0.15, 0.2) is 6.61 Å². The number of carbonyl (C=O) groups excluding carboxylic acids is 2. The Labute approximate surface area is 184 Å². The topological polar surface area (TPSA) is 105 Å². The summed E-state index contributed by atoms with van der Waals surface area (Å²) in [5, 5.41) is 0.693. The smallest absolute Gasteiger partial charge is 0.276 e. The number of benzene rings is 2. The second-order valence-electron chi connectivity index (χ2n) is 6.50. The Morgan fingerprint density at radius 2 is 1.67 bits per heavy atom. The van der Waals surface area contributed by atoms with E-state index in [0.29, 0.717) is 23.1 Å². The average molecular weight is 472 g/mol. The quantitative estimate of drug-likeness (QED) is 0.629. The van der Waals surface area contributed by atoms with Crippen LogP contribution in [0.1, 0.15) is 23.2 Å². The normalized spacial score (nSPS) is 14.3. The van der Waals surface area contributed by atoms with E-state index in [9.17, 15) is 18.0 Å². The van der Waals surface area contributed by atoms with Gasteiger partial charge >= 0.3 is 0 Å². The molecule has 1 aliphatic heterocycles. The van der Waals surface area contributed by atoms with Crippen LogP contribution in [-0.4, -0.2) is 44.2 Å². The van der Waals surface area contributed by atoms with E-state index in [1.165, 1.54) is 40.7 Å². The van der Waals surface area contributed by atoms with Crippen molar-refractivity contribution in [1.29, 1.82) is 0 Å². The van der Waals surface area contributed by atoms with Crippen molar-refractivity contribution in [2.75, 3.05) is 19.7 Å². The van der Waals surface area contributed by atoms with E-state index in [1.807, 2.05) is 0 Å². The summed E-state index contributed by atoms with van der Waals surface area (Å²) in [5.74, 6) is -0.984. The van der Waals surface area contributed by atoms with E-state index in [0.717, 1.165) is 12.8 Å². The van der Waals surface area contributed by atoms with Crippen molar-refractivity contribution in [2.24, 2.45) is 0 Å². The minimum absolute atomic E-state index is 0.122. The molecule has 1 saturated heterocycles. The van der Waals surface area contributed by atoms with Crippen molar-refractivity contribution < 1.29 is 22.7 Å². The fourth-order valence-electron chi connectivity index (χ4n) is 2.82. The number of hydrogen-bond acceptors (Lipinski definition) is 5. The fraction of sp³-hybridized carbons (Fsp3) is 0.263. The number of hydrogen-bond donors (Lipinski definition) is 2. The van der Waals surface area contributed by atoms with Crippen molar-refractivity contribution in [2.45, 2.75) is 17.7 Å². The molecule has 0 atom stereocenters. The van der Waals surface area contributed by atoms with Crippen LogP contribution in [-0.2, 0) is 14.8 Å². The number of ether oxygens (including phenoxy) is 1. The fourth-order valence-corrected chi connectivity index (χ4v) is 4.67. The van der Waals surface area contributed by atoms with Crippen molar-refractivity contribution in [3.8, 4) is 5.75 Å². The molecule has 0 bridgehead atoms. The standard InChI is InChI=1S/C19H19Cl2N3O5S/c20-14-5-8-16(21)17(11-14)29-12-18(25)22-23-19(26)13-3-6-15(7-4-13)30(27,28)24-9-1-2-10-24/h3-8,11H,1-2,9-10,12H2,(H,22,25)(H,23,26). The third kappa shape index (κ3) is 5.42. The van der Waals surface area contributed by atoms with Gasteiger partial charge in [-0.1, -0.05) is 23.2 Å². The highest BCUT2D eigenvalue weighted by Gasteiger charge is 2.27. The lowest BCUT2D eigenvalue weighted by Crippen LogP contribution is -2.43. The molecule has 160 valence electrons. The summed E-state index contributed by atoms with van der Waals surface area (Å²) < 4.78 is 31.7. The second-order valence-corrected chi connectivity index (χ2v) is 9.28. The maximum atomic E-state index is 12.5. The predicted octanol–water partition coefficient (Wildman–Crippen LogP) is 2.62. The minimum atomic E-state index is -3.55. The van der Waals surface area contributed by atoms with Gasteiger partial charge in [0.05, 0.1) is 9.92 Å². The number of sulfonamides is 1. The Hall–Kier alpha value is -2.33. The summed E-state index contributed by atoms with van der Waals surface area (Å²) in [6, 6.07) is 10.1. The molecule has 1 heterocycles. The Balaban J connectivity index is 1.52. The summed E-state index contributed by atoms with van der Waals surface area (Å²) in [5.41, 5.74) is 4.64. The van der Waals surface area contributed by atoms with Gasteiger partial charge in [-0.05, 0) is 49.2 Å². The van der Waals surface area contributed by atoms with Gasteiger partial charge in [0.1, 0.15) is 5.75 Å². The van der Waals surface area contributed by atoms with Gasteiger partial charge in [0.2, 0.25) is 10.0 Å². The van der Waals surface area contributed by atoms with Crippen LogP contribution in [0.15, 0.2) is 47.4 Å². The molecule has 11 heteroatoms. The highest BCUT2D eigenvalue weighted by Crippen LogP contribution is 2.27. The van der Waals surface area contributed by atoms with Gasteiger partial charge in [-0.15, -0.1) is 0 Å². The molecule has 0 unspecified atom stereocenters. The lowest BCUT2D eigenvalue weighted by molar-refractivity contribution is -0.123. The van der Waals surface area contributed by atoms with Crippen LogP contribution in [0.25, 0.3) is 0 Å². The number of nitrogens with one attached hydrogen (secondary N) is 2. The van der Waals surface area contributed by atoms with Crippen LogP contribution in [0.4, 0.5) is 0 Å². The summed E-state index contributed by atoms with van der Waals surface area (Å²) in [6.45, 7) is 0.603. The van der Waals surface area contributed by atoms with Gasteiger partial charge in [0.25, 0.3) is 11.8 Å². The zero-order valence-corrected chi connectivity index (χ0v) is 18.1. The van der Waals surface area contributed by atoms with Crippen molar-refractivity contribution in [3.63, 3.8) is 0 Å². The first-order valence-electron chi connectivity index (χ1n) is 9.04. The first kappa shape index (κ1) is 22.4. The van der Waals surface area contributed by atoms with E-state index in [-0.39, 0.29) is 16.2 Å². The molecular formula is C19H19Cl2N3O5S. The molecule has 0 aliphatic carbocycles. The molecule has 0 spiro atoms. The molecule has 3 rings (SSSR count). The zero-order chi connectivity index (χ0) is 21.7. The Morgan fingerprint density at radius 3 is 2.33 bits per heavy atom. The second kappa shape index (κ2) is 9.65. The average Bonchev–Trinajstić information content (AvgIpc) is 3.28. The molecule has 2 aromatic carbocycles. The lowest BCUT2D eigenvalue weighted by Gasteiger charge is -2.15. The number of carbonyl (C=O) groups is 2. The molecule has 1 fully saturated rings. The van der Waals surface area contributed by atoms with Gasteiger partial charge in [0, 0.05) is 29.7 Å². The maximum Gasteiger partial charge on any atom is 0.276 e. The van der Waals surface area contributed by atoms with Crippen LogP contribution in [0, 0.1) is 0 Å². The highest BCUT2D eigenvalue weighted by atomic mass is 35.5.